The number of pyridine rings is 1. The van der Waals surface area contributed by atoms with Crippen molar-refractivity contribution in [3.05, 3.63) is 70.2 Å². The highest BCUT2D eigenvalue weighted by Crippen LogP contribution is 2.28. The van der Waals surface area contributed by atoms with Gasteiger partial charge in [0.25, 0.3) is 5.91 Å². The van der Waals surface area contributed by atoms with Crippen molar-refractivity contribution in [2.45, 2.75) is 66.5 Å². The number of hydrogen-bond donors (Lipinski definition) is 2. The standard InChI is InChI=1S/C27H35N7O2/c1-6-28-27(36)33-13-12-20-15-29-23(14-21(20)16-33)26(35)30-22(17(2)3)9-7-8-18(4)25-32-31-24-11-10-19(5)34(24)25/h7-9,14-15,19H,6,10-13,16H2,1-5H3,(H,28,36)(H,30,35)/b9-7-,18-8+. The van der Waals surface area contributed by atoms with E-state index in [2.05, 4.69) is 37.3 Å². The van der Waals surface area contributed by atoms with E-state index in [1.54, 1.807) is 17.2 Å². The quantitative estimate of drug-likeness (QED) is 0.598. The molecule has 2 aliphatic rings. The third kappa shape index (κ3) is 5.40. The van der Waals surface area contributed by atoms with Crippen LogP contribution in [-0.2, 0) is 19.4 Å². The Morgan fingerprint density at radius 2 is 1.97 bits per heavy atom. The SMILES string of the molecule is CCNC(=O)N1CCc2cnc(C(=O)NC(/C=C\C=C(/C)c3nnc4n3C(C)CC4)=C(C)C)cc2C1. The Hall–Kier alpha value is -3.75. The second-order valence-corrected chi connectivity index (χ2v) is 9.62. The summed E-state index contributed by atoms with van der Waals surface area (Å²) in [5.74, 6) is 1.65. The van der Waals surface area contributed by atoms with Gasteiger partial charge in [-0.1, -0.05) is 17.7 Å². The van der Waals surface area contributed by atoms with Crippen LogP contribution in [0.1, 0.15) is 80.3 Å². The molecule has 9 heteroatoms. The van der Waals surface area contributed by atoms with Crippen LogP contribution in [0.5, 0.6) is 0 Å². The Kier molecular flexibility index (Phi) is 7.67. The fraction of sp³-hybridized carbons (Fsp3) is 0.444. The smallest absolute Gasteiger partial charge is 0.317 e. The van der Waals surface area contributed by atoms with Crippen LogP contribution < -0.4 is 10.6 Å². The molecule has 2 aliphatic heterocycles. The number of aryl methyl sites for hydroxylation is 1. The van der Waals surface area contributed by atoms with Crippen molar-refractivity contribution in [1.82, 2.24) is 35.3 Å². The molecule has 4 heterocycles. The minimum Gasteiger partial charge on any atom is -0.338 e. The normalized spacial score (nSPS) is 17.1. The predicted molar refractivity (Wildman–Crippen MR) is 139 cm³/mol. The van der Waals surface area contributed by atoms with Crippen LogP contribution in [0.4, 0.5) is 4.79 Å². The van der Waals surface area contributed by atoms with E-state index in [0.29, 0.717) is 37.1 Å². The largest absolute Gasteiger partial charge is 0.338 e. The summed E-state index contributed by atoms with van der Waals surface area (Å²) in [6, 6.07) is 2.11. The number of allylic oxidation sites excluding steroid dienone is 5. The Labute approximate surface area is 212 Å². The van der Waals surface area contributed by atoms with Crippen molar-refractivity contribution >= 4 is 17.5 Å². The zero-order chi connectivity index (χ0) is 25.8. The van der Waals surface area contributed by atoms with Crippen molar-refractivity contribution in [3.8, 4) is 0 Å². The maximum atomic E-state index is 13.0. The molecule has 0 bridgehead atoms. The van der Waals surface area contributed by atoms with Gasteiger partial charge in [0.05, 0.1) is 0 Å². The average molecular weight is 490 g/mol. The third-order valence-electron chi connectivity index (χ3n) is 6.68. The number of urea groups is 1. The number of nitrogens with zero attached hydrogens (tertiary/aromatic N) is 5. The van der Waals surface area contributed by atoms with Crippen molar-refractivity contribution in [2.75, 3.05) is 13.1 Å². The van der Waals surface area contributed by atoms with Gasteiger partial charge in [-0.25, -0.2) is 4.79 Å². The molecule has 2 aromatic heterocycles. The molecule has 0 saturated heterocycles. The second kappa shape index (κ2) is 10.9. The zero-order valence-electron chi connectivity index (χ0n) is 21.8. The molecule has 36 heavy (non-hydrogen) atoms. The summed E-state index contributed by atoms with van der Waals surface area (Å²) in [5.41, 5.74) is 5.07. The first kappa shape index (κ1) is 25.3. The first-order valence-corrected chi connectivity index (χ1v) is 12.6. The maximum Gasteiger partial charge on any atom is 0.317 e. The molecule has 1 unspecified atom stereocenters. The minimum absolute atomic E-state index is 0.0863. The monoisotopic (exact) mass is 489 g/mol. The van der Waals surface area contributed by atoms with Crippen LogP contribution >= 0.6 is 0 Å². The van der Waals surface area contributed by atoms with Gasteiger partial charge in [-0.3, -0.25) is 9.78 Å². The molecule has 0 aliphatic carbocycles. The third-order valence-corrected chi connectivity index (χ3v) is 6.68. The minimum atomic E-state index is -0.279. The lowest BCUT2D eigenvalue weighted by molar-refractivity contribution is 0.0961. The number of amides is 3. The number of hydrogen-bond acceptors (Lipinski definition) is 5. The van der Waals surface area contributed by atoms with Gasteiger partial charge in [0.15, 0.2) is 5.82 Å². The lowest BCUT2D eigenvalue weighted by atomic mass is 10.0. The summed E-state index contributed by atoms with van der Waals surface area (Å²) in [6.45, 7) is 11.7. The molecular weight excluding hydrogens is 454 g/mol. The molecule has 2 N–H and O–H groups in total. The van der Waals surface area contributed by atoms with E-state index in [4.69, 9.17) is 0 Å². The van der Waals surface area contributed by atoms with Crippen LogP contribution in [0.3, 0.4) is 0 Å². The van der Waals surface area contributed by atoms with Crippen molar-refractivity contribution < 1.29 is 9.59 Å². The lowest BCUT2D eigenvalue weighted by Crippen LogP contribution is -2.42. The molecule has 2 aromatic rings. The molecular formula is C27H35N7O2. The fourth-order valence-electron chi connectivity index (χ4n) is 4.57. The average Bonchev–Trinajstić information content (AvgIpc) is 3.45. The Morgan fingerprint density at radius 3 is 2.72 bits per heavy atom. The molecule has 1 atom stereocenters. The van der Waals surface area contributed by atoms with E-state index in [1.807, 2.05) is 45.9 Å². The van der Waals surface area contributed by atoms with Gasteiger partial charge in [0.1, 0.15) is 11.5 Å². The second-order valence-electron chi connectivity index (χ2n) is 9.62. The molecule has 0 fully saturated rings. The number of fused-ring (bicyclic) bond motifs is 2. The molecule has 0 saturated carbocycles. The Bertz CT molecular complexity index is 1250. The number of rotatable bonds is 6. The van der Waals surface area contributed by atoms with E-state index in [0.717, 1.165) is 53.2 Å². The Balaban J connectivity index is 1.45. The van der Waals surface area contributed by atoms with Crippen molar-refractivity contribution in [1.29, 1.82) is 0 Å². The van der Waals surface area contributed by atoms with Gasteiger partial charge >= 0.3 is 6.03 Å². The first-order valence-electron chi connectivity index (χ1n) is 12.6. The van der Waals surface area contributed by atoms with Crippen LogP contribution in [-0.4, -0.2) is 49.7 Å². The summed E-state index contributed by atoms with van der Waals surface area (Å²) in [4.78, 5) is 31.4. The molecule has 0 spiro atoms. The van der Waals surface area contributed by atoms with Crippen molar-refractivity contribution in [2.24, 2.45) is 0 Å². The van der Waals surface area contributed by atoms with Gasteiger partial charge in [0, 0.05) is 44.0 Å². The summed E-state index contributed by atoms with van der Waals surface area (Å²) in [7, 11) is 0. The van der Waals surface area contributed by atoms with Gasteiger partial charge in [0.2, 0.25) is 0 Å². The number of nitrogens with one attached hydrogen (secondary N) is 2. The molecule has 0 radical (unpaired) electrons. The zero-order valence-corrected chi connectivity index (χ0v) is 21.8. The van der Waals surface area contributed by atoms with Gasteiger partial charge in [-0.05, 0) is 76.3 Å². The van der Waals surface area contributed by atoms with E-state index in [-0.39, 0.29) is 11.9 Å². The summed E-state index contributed by atoms with van der Waals surface area (Å²) < 4.78 is 2.21. The molecule has 0 aromatic carbocycles. The van der Waals surface area contributed by atoms with Crippen LogP contribution in [0, 0.1) is 0 Å². The highest BCUT2D eigenvalue weighted by molar-refractivity contribution is 5.94. The molecule has 190 valence electrons. The first-order chi connectivity index (χ1) is 17.3. The number of carbonyl (C=O) groups is 2. The van der Waals surface area contributed by atoms with Gasteiger partial charge < -0.3 is 20.1 Å². The molecule has 9 nitrogen and oxygen atoms in total. The predicted octanol–water partition coefficient (Wildman–Crippen LogP) is 3.95. The van der Waals surface area contributed by atoms with Crippen LogP contribution in [0.15, 0.2) is 41.8 Å². The highest BCUT2D eigenvalue weighted by atomic mass is 16.2. The number of carbonyl (C=O) groups excluding carboxylic acids is 2. The number of aromatic nitrogens is 4. The topological polar surface area (TPSA) is 105 Å². The van der Waals surface area contributed by atoms with Gasteiger partial charge in [-0.2, -0.15) is 0 Å². The lowest BCUT2D eigenvalue weighted by Gasteiger charge is -2.28. The van der Waals surface area contributed by atoms with E-state index in [9.17, 15) is 9.59 Å². The molecule has 3 amide bonds. The molecule has 4 rings (SSSR count). The maximum absolute atomic E-state index is 13.0. The highest BCUT2D eigenvalue weighted by Gasteiger charge is 2.24. The van der Waals surface area contributed by atoms with Crippen LogP contribution in [0.2, 0.25) is 0 Å². The van der Waals surface area contributed by atoms with E-state index < -0.39 is 0 Å². The van der Waals surface area contributed by atoms with Crippen molar-refractivity contribution in [3.63, 3.8) is 0 Å². The summed E-state index contributed by atoms with van der Waals surface area (Å²) in [5, 5.41) is 14.5. The van der Waals surface area contributed by atoms with E-state index >= 15 is 0 Å². The van der Waals surface area contributed by atoms with Gasteiger partial charge in [-0.15, -0.1) is 10.2 Å². The van der Waals surface area contributed by atoms with E-state index in [1.165, 1.54) is 0 Å². The Morgan fingerprint density at radius 1 is 1.17 bits per heavy atom. The van der Waals surface area contributed by atoms with Crippen LogP contribution in [0.25, 0.3) is 5.57 Å². The summed E-state index contributed by atoms with van der Waals surface area (Å²) in [6.07, 6.45) is 10.3. The fourth-order valence-corrected chi connectivity index (χ4v) is 4.57. The summed E-state index contributed by atoms with van der Waals surface area (Å²) >= 11 is 0.